The van der Waals surface area contributed by atoms with Crippen molar-refractivity contribution in [2.24, 2.45) is 0 Å². The van der Waals surface area contributed by atoms with Crippen molar-refractivity contribution < 1.29 is 4.74 Å². The molecule has 0 radical (unpaired) electrons. The SMILES string of the molecule is COC(C)c1ccc(-c2ccc(Cn3ccnc3)cn2)cc1. The predicted octanol–water partition coefficient (Wildman–Crippen LogP) is 3.70. The summed E-state index contributed by atoms with van der Waals surface area (Å²) in [5.41, 5.74) is 4.42. The summed E-state index contributed by atoms with van der Waals surface area (Å²) in [5, 5.41) is 0. The molecule has 112 valence electrons. The lowest BCUT2D eigenvalue weighted by Crippen LogP contribution is -1.97. The number of aromatic nitrogens is 3. The van der Waals surface area contributed by atoms with Gasteiger partial charge < -0.3 is 9.30 Å². The molecule has 22 heavy (non-hydrogen) atoms. The van der Waals surface area contributed by atoms with E-state index in [1.54, 1.807) is 13.3 Å². The van der Waals surface area contributed by atoms with Crippen LogP contribution in [0.5, 0.6) is 0 Å². The standard InChI is InChI=1S/C18H19N3O/c1-14(22-2)16-4-6-17(7-5-16)18-8-3-15(11-20-18)12-21-10-9-19-13-21/h3-11,13-14H,12H2,1-2H3. The average molecular weight is 293 g/mol. The van der Waals surface area contributed by atoms with Crippen LogP contribution in [0.2, 0.25) is 0 Å². The zero-order valence-electron chi connectivity index (χ0n) is 12.8. The highest BCUT2D eigenvalue weighted by molar-refractivity contribution is 5.59. The number of imidazole rings is 1. The maximum atomic E-state index is 5.32. The predicted molar refractivity (Wildman–Crippen MR) is 86.4 cm³/mol. The molecule has 0 saturated heterocycles. The molecule has 0 aliphatic rings. The number of rotatable bonds is 5. The fourth-order valence-corrected chi connectivity index (χ4v) is 2.34. The van der Waals surface area contributed by atoms with Crippen molar-refractivity contribution in [3.8, 4) is 11.3 Å². The molecule has 3 rings (SSSR count). The molecular formula is C18H19N3O. The monoisotopic (exact) mass is 293 g/mol. The second kappa shape index (κ2) is 6.54. The van der Waals surface area contributed by atoms with E-state index in [0.29, 0.717) is 0 Å². The van der Waals surface area contributed by atoms with E-state index in [1.165, 1.54) is 5.56 Å². The Hall–Kier alpha value is -2.46. The average Bonchev–Trinajstić information content (AvgIpc) is 3.08. The van der Waals surface area contributed by atoms with E-state index in [4.69, 9.17) is 4.74 Å². The van der Waals surface area contributed by atoms with Crippen molar-refractivity contribution >= 4 is 0 Å². The summed E-state index contributed by atoms with van der Waals surface area (Å²) in [7, 11) is 1.72. The Morgan fingerprint density at radius 2 is 1.95 bits per heavy atom. The van der Waals surface area contributed by atoms with Gasteiger partial charge in [0.2, 0.25) is 0 Å². The molecule has 1 atom stereocenters. The molecule has 0 fully saturated rings. The Morgan fingerprint density at radius 3 is 2.55 bits per heavy atom. The first-order valence-electron chi connectivity index (χ1n) is 7.30. The zero-order valence-corrected chi connectivity index (χ0v) is 12.8. The van der Waals surface area contributed by atoms with Gasteiger partial charge in [-0.2, -0.15) is 0 Å². The molecule has 0 N–H and O–H groups in total. The van der Waals surface area contributed by atoms with Crippen molar-refractivity contribution in [2.45, 2.75) is 19.6 Å². The number of pyridine rings is 1. The number of benzene rings is 1. The molecule has 2 heterocycles. The van der Waals surface area contributed by atoms with Crippen LogP contribution in [0.4, 0.5) is 0 Å². The zero-order chi connectivity index (χ0) is 15.4. The second-order valence-corrected chi connectivity index (χ2v) is 5.29. The van der Waals surface area contributed by atoms with E-state index >= 15 is 0 Å². The summed E-state index contributed by atoms with van der Waals surface area (Å²) in [6, 6.07) is 12.5. The first-order valence-corrected chi connectivity index (χ1v) is 7.30. The molecule has 0 aliphatic heterocycles. The van der Waals surface area contributed by atoms with E-state index in [0.717, 1.165) is 23.4 Å². The maximum Gasteiger partial charge on any atom is 0.0949 e. The largest absolute Gasteiger partial charge is 0.377 e. The minimum absolute atomic E-state index is 0.111. The van der Waals surface area contributed by atoms with Gasteiger partial charge in [-0.15, -0.1) is 0 Å². The van der Waals surface area contributed by atoms with Gasteiger partial charge in [0.15, 0.2) is 0 Å². The van der Waals surface area contributed by atoms with Crippen LogP contribution >= 0.6 is 0 Å². The third kappa shape index (κ3) is 3.23. The van der Waals surface area contributed by atoms with Crippen LogP contribution in [0.25, 0.3) is 11.3 Å². The summed E-state index contributed by atoms with van der Waals surface area (Å²) >= 11 is 0. The quantitative estimate of drug-likeness (QED) is 0.720. The molecule has 1 unspecified atom stereocenters. The molecule has 0 spiro atoms. The van der Waals surface area contributed by atoms with Gasteiger partial charge in [-0.3, -0.25) is 4.98 Å². The molecule has 3 aromatic rings. The Kier molecular flexibility index (Phi) is 4.30. The summed E-state index contributed by atoms with van der Waals surface area (Å²) < 4.78 is 7.35. The summed E-state index contributed by atoms with van der Waals surface area (Å²) in [6.07, 6.45) is 7.57. The van der Waals surface area contributed by atoms with Gasteiger partial charge in [-0.1, -0.05) is 30.3 Å². The fraction of sp³-hybridized carbons (Fsp3) is 0.222. The number of hydrogen-bond acceptors (Lipinski definition) is 3. The minimum Gasteiger partial charge on any atom is -0.377 e. The minimum atomic E-state index is 0.111. The highest BCUT2D eigenvalue weighted by atomic mass is 16.5. The molecule has 2 aromatic heterocycles. The number of methoxy groups -OCH3 is 1. The van der Waals surface area contributed by atoms with Crippen LogP contribution in [0.3, 0.4) is 0 Å². The second-order valence-electron chi connectivity index (χ2n) is 5.29. The first kappa shape index (κ1) is 14.5. The Labute approximate surface area is 130 Å². The normalized spacial score (nSPS) is 12.3. The van der Waals surface area contributed by atoms with E-state index in [2.05, 4.69) is 46.4 Å². The summed E-state index contributed by atoms with van der Waals surface area (Å²) in [4.78, 5) is 8.60. The van der Waals surface area contributed by atoms with Gasteiger partial charge in [-0.05, 0) is 24.1 Å². The van der Waals surface area contributed by atoms with Crippen LogP contribution in [0, 0.1) is 0 Å². The highest BCUT2D eigenvalue weighted by Gasteiger charge is 2.05. The molecule has 0 amide bonds. The van der Waals surface area contributed by atoms with E-state index in [-0.39, 0.29) is 6.10 Å². The third-order valence-electron chi connectivity index (χ3n) is 3.78. The van der Waals surface area contributed by atoms with Gasteiger partial charge in [-0.25, -0.2) is 4.98 Å². The highest BCUT2D eigenvalue weighted by Crippen LogP contribution is 2.22. The lowest BCUT2D eigenvalue weighted by atomic mass is 10.1. The Bertz CT molecular complexity index is 703. The molecule has 1 aromatic carbocycles. The molecule has 0 bridgehead atoms. The van der Waals surface area contributed by atoms with E-state index in [1.807, 2.05) is 30.2 Å². The number of ether oxygens (including phenoxy) is 1. The van der Waals surface area contributed by atoms with Crippen LogP contribution in [0.15, 0.2) is 61.3 Å². The summed E-state index contributed by atoms with van der Waals surface area (Å²) in [5.74, 6) is 0. The Balaban J connectivity index is 1.75. The fourth-order valence-electron chi connectivity index (χ4n) is 2.34. The van der Waals surface area contributed by atoms with Crippen molar-refractivity contribution in [2.75, 3.05) is 7.11 Å². The van der Waals surface area contributed by atoms with Gasteiger partial charge in [0.25, 0.3) is 0 Å². The maximum absolute atomic E-state index is 5.32. The van der Waals surface area contributed by atoms with Gasteiger partial charge in [0.05, 0.1) is 18.1 Å². The van der Waals surface area contributed by atoms with E-state index < -0.39 is 0 Å². The van der Waals surface area contributed by atoms with E-state index in [9.17, 15) is 0 Å². The van der Waals surface area contributed by atoms with Gasteiger partial charge in [0, 0.05) is 37.8 Å². The third-order valence-corrected chi connectivity index (χ3v) is 3.78. The Morgan fingerprint density at radius 1 is 1.14 bits per heavy atom. The smallest absolute Gasteiger partial charge is 0.0949 e. The van der Waals surface area contributed by atoms with Crippen molar-refractivity contribution in [1.29, 1.82) is 0 Å². The number of hydrogen-bond donors (Lipinski definition) is 0. The van der Waals surface area contributed by atoms with Gasteiger partial charge in [0.1, 0.15) is 0 Å². The van der Waals surface area contributed by atoms with Crippen molar-refractivity contribution in [3.05, 3.63) is 72.4 Å². The van der Waals surface area contributed by atoms with Crippen molar-refractivity contribution in [3.63, 3.8) is 0 Å². The lowest BCUT2D eigenvalue weighted by molar-refractivity contribution is 0.119. The van der Waals surface area contributed by atoms with Crippen LogP contribution in [0.1, 0.15) is 24.2 Å². The first-order chi connectivity index (χ1) is 10.8. The lowest BCUT2D eigenvalue weighted by Gasteiger charge is -2.10. The summed E-state index contributed by atoms with van der Waals surface area (Å²) in [6.45, 7) is 2.83. The number of nitrogens with zero attached hydrogens (tertiary/aromatic N) is 3. The molecule has 4 nitrogen and oxygen atoms in total. The molecule has 0 saturated carbocycles. The molecular weight excluding hydrogens is 274 g/mol. The molecule has 4 heteroatoms. The van der Waals surface area contributed by atoms with Gasteiger partial charge >= 0.3 is 0 Å². The topological polar surface area (TPSA) is 39.9 Å². The van der Waals surface area contributed by atoms with Crippen molar-refractivity contribution in [1.82, 2.24) is 14.5 Å². The van der Waals surface area contributed by atoms with Crippen LogP contribution in [-0.4, -0.2) is 21.6 Å². The molecule has 0 aliphatic carbocycles. The van der Waals surface area contributed by atoms with Crippen LogP contribution in [-0.2, 0) is 11.3 Å². The van der Waals surface area contributed by atoms with Crippen LogP contribution < -0.4 is 0 Å².